The molecule has 0 amide bonds. The molecular weight excluding hydrogens is 276 g/mol. The van der Waals surface area contributed by atoms with Gasteiger partial charge in [0, 0.05) is 18.9 Å². The summed E-state index contributed by atoms with van der Waals surface area (Å²) in [6.07, 6.45) is 1.64. The lowest BCUT2D eigenvalue weighted by Gasteiger charge is -2.17. The van der Waals surface area contributed by atoms with E-state index in [1.54, 1.807) is 30.5 Å². The van der Waals surface area contributed by atoms with Crippen molar-refractivity contribution in [1.82, 2.24) is 9.29 Å². The quantitative estimate of drug-likeness (QED) is 0.638. The maximum Gasteiger partial charge on any atom is 0.243 e. The Balaban J connectivity index is 2.20. The Morgan fingerprint density at radius 3 is 2.45 bits per heavy atom. The van der Waals surface area contributed by atoms with Crippen molar-refractivity contribution in [3.8, 4) is 0 Å². The average Bonchev–Trinajstić information content (AvgIpc) is 2.48. The van der Waals surface area contributed by atoms with Crippen LogP contribution < -0.4 is 11.3 Å². The fraction of sp³-hybridized carbons (Fsp3) is 0.154. The Hall–Kier alpha value is -1.96. The van der Waals surface area contributed by atoms with Crippen LogP contribution in [0.1, 0.15) is 5.69 Å². The van der Waals surface area contributed by atoms with Gasteiger partial charge < -0.3 is 5.43 Å². The minimum atomic E-state index is -3.54. The lowest BCUT2D eigenvalue weighted by molar-refractivity contribution is 0.462. The Morgan fingerprint density at radius 1 is 1.20 bits per heavy atom. The summed E-state index contributed by atoms with van der Waals surface area (Å²) in [7, 11) is -2.01. The first-order chi connectivity index (χ1) is 9.54. The number of nitrogens with two attached hydrogens (primary N) is 1. The third-order valence-corrected chi connectivity index (χ3v) is 4.66. The van der Waals surface area contributed by atoms with Crippen molar-refractivity contribution in [2.75, 3.05) is 12.5 Å². The van der Waals surface area contributed by atoms with Crippen molar-refractivity contribution in [2.45, 2.75) is 11.4 Å². The number of hydrazine groups is 1. The highest BCUT2D eigenvalue weighted by Crippen LogP contribution is 2.18. The van der Waals surface area contributed by atoms with Gasteiger partial charge in [-0.2, -0.15) is 4.31 Å². The zero-order chi connectivity index (χ0) is 14.6. The maximum absolute atomic E-state index is 12.4. The van der Waals surface area contributed by atoms with Crippen molar-refractivity contribution in [3.63, 3.8) is 0 Å². The number of hydrogen-bond acceptors (Lipinski definition) is 5. The normalized spacial score (nSPS) is 11.6. The standard InChI is InChI=1S/C13H16N4O2S/c1-17(10-12-4-2-3-9-15-12)20(18,19)13-7-5-11(16-14)6-8-13/h2-9,16H,10,14H2,1H3. The number of nitrogen functional groups attached to an aromatic ring is 1. The molecule has 1 heterocycles. The number of nitrogens with zero attached hydrogens (tertiary/aromatic N) is 2. The van der Waals surface area contributed by atoms with E-state index in [1.165, 1.54) is 23.5 Å². The van der Waals surface area contributed by atoms with E-state index in [1.807, 2.05) is 6.07 Å². The molecule has 0 unspecified atom stereocenters. The molecule has 20 heavy (non-hydrogen) atoms. The van der Waals surface area contributed by atoms with Gasteiger partial charge in [0.05, 0.1) is 17.1 Å². The Bertz CT molecular complexity index is 657. The van der Waals surface area contributed by atoms with E-state index in [0.29, 0.717) is 11.4 Å². The minimum Gasteiger partial charge on any atom is -0.324 e. The van der Waals surface area contributed by atoms with Crippen LogP contribution >= 0.6 is 0 Å². The van der Waals surface area contributed by atoms with Crippen molar-refractivity contribution in [2.24, 2.45) is 5.84 Å². The highest BCUT2D eigenvalue weighted by molar-refractivity contribution is 7.89. The monoisotopic (exact) mass is 292 g/mol. The van der Waals surface area contributed by atoms with Gasteiger partial charge in [0.2, 0.25) is 10.0 Å². The van der Waals surface area contributed by atoms with Crippen LogP contribution in [0.3, 0.4) is 0 Å². The molecule has 2 rings (SSSR count). The number of nitrogens with one attached hydrogen (secondary N) is 1. The molecule has 0 aliphatic carbocycles. The number of benzene rings is 1. The molecule has 0 radical (unpaired) electrons. The molecule has 106 valence electrons. The van der Waals surface area contributed by atoms with Gasteiger partial charge in [-0.1, -0.05) is 6.07 Å². The second-order valence-electron chi connectivity index (χ2n) is 4.25. The van der Waals surface area contributed by atoms with Crippen LogP contribution in [-0.2, 0) is 16.6 Å². The van der Waals surface area contributed by atoms with Gasteiger partial charge in [-0.3, -0.25) is 10.8 Å². The predicted molar refractivity (Wildman–Crippen MR) is 77.1 cm³/mol. The van der Waals surface area contributed by atoms with Gasteiger partial charge in [-0.25, -0.2) is 8.42 Å². The van der Waals surface area contributed by atoms with Crippen molar-refractivity contribution in [1.29, 1.82) is 0 Å². The van der Waals surface area contributed by atoms with Gasteiger partial charge in [0.1, 0.15) is 0 Å². The van der Waals surface area contributed by atoms with E-state index in [2.05, 4.69) is 10.4 Å². The second-order valence-corrected chi connectivity index (χ2v) is 6.30. The zero-order valence-electron chi connectivity index (χ0n) is 11.0. The summed E-state index contributed by atoms with van der Waals surface area (Å²) in [5.74, 6) is 5.25. The molecule has 6 nitrogen and oxygen atoms in total. The zero-order valence-corrected chi connectivity index (χ0v) is 11.8. The van der Waals surface area contributed by atoms with Gasteiger partial charge in [-0.05, 0) is 36.4 Å². The summed E-state index contributed by atoms with van der Waals surface area (Å²) in [6.45, 7) is 0.222. The topological polar surface area (TPSA) is 88.3 Å². The van der Waals surface area contributed by atoms with E-state index in [4.69, 9.17) is 5.84 Å². The van der Waals surface area contributed by atoms with Gasteiger partial charge in [0.15, 0.2) is 0 Å². The lowest BCUT2D eigenvalue weighted by atomic mass is 10.3. The fourth-order valence-corrected chi connectivity index (χ4v) is 2.85. The molecule has 0 spiro atoms. The molecule has 0 saturated heterocycles. The molecule has 1 aromatic heterocycles. The second kappa shape index (κ2) is 6.00. The molecule has 0 aliphatic rings. The van der Waals surface area contributed by atoms with Crippen LogP contribution in [-0.4, -0.2) is 24.8 Å². The van der Waals surface area contributed by atoms with Crippen LogP contribution in [0.4, 0.5) is 5.69 Å². The highest BCUT2D eigenvalue weighted by atomic mass is 32.2. The van der Waals surface area contributed by atoms with Crippen LogP contribution in [0, 0.1) is 0 Å². The molecule has 7 heteroatoms. The number of pyridine rings is 1. The van der Waals surface area contributed by atoms with Crippen LogP contribution in [0.15, 0.2) is 53.6 Å². The third-order valence-electron chi connectivity index (χ3n) is 2.84. The summed E-state index contributed by atoms with van der Waals surface area (Å²) >= 11 is 0. The van der Waals surface area contributed by atoms with Crippen molar-refractivity contribution < 1.29 is 8.42 Å². The Morgan fingerprint density at radius 2 is 1.90 bits per heavy atom. The lowest BCUT2D eigenvalue weighted by Crippen LogP contribution is -2.26. The summed E-state index contributed by atoms with van der Waals surface area (Å²) in [6, 6.07) is 11.6. The molecule has 0 aliphatic heterocycles. The van der Waals surface area contributed by atoms with Gasteiger partial charge in [0.25, 0.3) is 0 Å². The number of aromatic nitrogens is 1. The molecule has 0 bridgehead atoms. The minimum absolute atomic E-state index is 0.218. The number of sulfonamides is 1. The van der Waals surface area contributed by atoms with Crippen LogP contribution in [0.2, 0.25) is 0 Å². The SMILES string of the molecule is CN(Cc1ccccn1)S(=O)(=O)c1ccc(NN)cc1. The van der Waals surface area contributed by atoms with Crippen LogP contribution in [0.25, 0.3) is 0 Å². The fourth-order valence-electron chi connectivity index (χ4n) is 1.71. The number of hydrogen-bond donors (Lipinski definition) is 2. The van der Waals surface area contributed by atoms with Gasteiger partial charge in [-0.15, -0.1) is 0 Å². The first-order valence-electron chi connectivity index (χ1n) is 5.97. The molecule has 1 aromatic carbocycles. The van der Waals surface area contributed by atoms with E-state index >= 15 is 0 Å². The van der Waals surface area contributed by atoms with E-state index in [-0.39, 0.29) is 11.4 Å². The number of rotatable bonds is 5. The molecule has 2 aromatic rings. The van der Waals surface area contributed by atoms with E-state index in [9.17, 15) is 8.42 Å². The summed E-state index contributed by atoms with van der Waals surface area (Å²) in [5, 5.41) is 0. The van der Waals surface area contributed by atoms with Crippen molar-refractivity contribution in [3.05, 3.63) is 54.4 Å². The third kappa shape index (κ3) is 3.13. The first-order valence-corrected chi connectivity index (χ1v) is 7.41. The van der Waals surface area contributed by atoms with Gasteiger partial charge >= 0.3 is 0 Å². The van der Waals surface area contributed by atoms with Crippen molar-refractivity contribution >= 4 is 15.7 Å². The summed E-state index contributed by atoms with van der Waals surface area (Å²) < 4.78 is 26.0. The van der Waals surface area contributed by atoms with E-state index in [0.717, 1.165) is 0 Å². The maximum atomic E-state index is 12.4. The Kier molecular flexibility index (Phi) is 4.33. The molecule has 3 N–H and O–H groups in total. The summed E-state index contributed by atoms with van der Waals surface area (Å²) in [4.78, 5) is 4.34. The number of anilines is 1. The first kappa shape index (κ1) is 14.4. The highest BCUT2D eigenvalue weighted by Gasteiger charge is 2.20. The molecular formula is C13H16N4O2S. The largest absolute Gasteiger partial charge is 0.324 e. The molecule has 0 atom stereocenters. The summed E-state index contributed by atoms with van der Waals surface area (Å²) in [5.41, 5.74) is 3.80. The predicted octanol–water partition coefficient (Wildman–Crippen LogP) is 1.19. The smallest absolute Gasteiger partial charge is 0.243 e. The molecule has 0 saturated carbocycles. The Labute approximate surface area is 118 Å². The van der Waals surface area contributed by atoms with E-state index < -0.39 is 10.0 Å². The van der Waals surface area contributed by atoms with Crippen LogP contribution in [0.5, 0.6) is 0 Å². The molecule has 0 fully saturated rings. The average molecular weight is 292 g/mol.